The van der Waals surface area contributed by atoms with Crippen LogP contribution >= 0.6 is 0 Å². The molecule has 0 aromatic heterocycles. The molecule has 0 aliphatic carbocycles. The highest BCUT2D eigenvalue weighted by Gasteiger charge is 2.39. The van der Waals surface area contributed by atoms with E-state index < -0.39 is 16.4 Å². The summed E-state index contributed by atoms with van der Waals surface area (Å²) in [6, 6.07) is 0. The molecule has 76 valence electrons. The fourth-order valence-corrected chi connectivity index (χ4v) is 0.580. The van der Waals surface area contributed by atoms with Gasteiger partial charge in [-0.25, -0.2) is 0 Å². The summed E-state index contributed by atoms with van der Waals surface area (Å²) in [5.41, 5.74) is -1.60. The van der Waals surface area contributed by atoms with Gasteiger partial charge in [-0.15, -0.1) is 0 Å². The van der Waals surface area contributed by atoms with Crippen LogP contribution in [0.1, 0.15) is 20.3 Å². The Hall–Kier alpha value is -1.17. The van der Waals surface area contributed by atoms with E-state index in [0.717, 1.165) is 0 Å². The Balaban J connectivity index is 4.03. The van der Waals surface area contributed by atoms with E-state index in [1.54, 1.807) is 0 Å². The molecule has 0 heterocycles. The summed E-state index contributed by atoms with van der Waals surface area (Å²) in [7, 11) is 0. The number of hydrogen-bond acceptors (Lipinski definition) is 4. The van der Waals surface area contributed by atoms with Crippen molar-refractivity contribution in [2.75, 3.05) is 13.2 Å². The smallest absolute Gasteiger partial charge is 0.297 e. The average Bonchev–Trinajstić information content (AvgIpc) is 2.04. The van der Waals surface area contributed by atoms with Crippen LogP contribution in [0.15, 0.2) is 0 Å². The largest absolute Gasteiger partial charge is 0.396 e. The van der Waals surface area contributed by atoms with Gasteiger partial charge in [0.1, 0.15) is 0 Å². The second-order valence-electron chi connectivity index (χ2n) is 3.15. The number of carbonyl (C=O) groups excluding carboxylic acids is 1. The molecule has 13 heavy (non-hydrogen) atoms. The lowest BCUT2D eigenvalue weighted by Gasteiger charge is -2.14. The van der Waals surface area contributed by atoms with Gasteiger partial charge in [-0.3, -0.25) is 14.9 Å². The minimum Gasteiger partial charge on any atom is -0.396 e. The molecule has 6 heteroatoms. The number of amides is 1. The van der Waals surface area contributed by atoms with E-state index in [1.807, 2.05) is 0 Å². The Kier molecular flexibility index (Phi) is 4.33. The molecule has 0 aliphatic heterocycles. The quantitative estimate of drug-likeness (QED) is 0.348. The molecule has 0 saturated carbocycles. The molecule has 0 aliphatic rings. The number of nitro groups is 1. The summed E-state index contributed by atoms with van der Waals surface area (Å²) >= 11 is 0. The minimum atomic E-state index is -1.60. The highest BCUT2D eigenvalue weighted by Crippen LogP contribution is 2.06. The zero-order valence-corrected chi connectivity index (χ0v) is 7.74. The molecule has 0 saturated heterocycles. The SMILES string of the molecule is CC(C)(C(=O)NCCCO)[N+](=O)[O-]. The second-order valence-corrected chi connectivity index (χ2v) is 3.15. The van der Waals surface area contributed by atoms with Gasteiger partial charge in [0.05, 0.1) is 0 Å². The zero-order chi connectivity index (χ0) is 10.5. The van der Waals surface area contributed by atoms with Gasteiger partial charge in [-0.05, 0) is 6.42 Å². The first-order valence-electron chi connectivity index (χ1n) is 3.96. The Labute approximate surface area is 76.1 Å². The first-order chi connectivity index (χ1) is 5.92. The standard InChI is InChI=1S/C7H14N2O4/c1-7(2,9(12)13)6(11)8-4-3-5-10/h10H,3-5H2,1-2H3,(H,8,11). The van der Waals surface area contributed by atoms with E-state index in [2.05, 4.69) is 5.32 Å². The van der Waals surface area contributed by atoms with Gasteiger partial charge in [-0.2, -0.15) is 0 Å². The lowest BCUT2D eigenvalue weighted by Crippen LogP contribution is -2.48. The molecule has 1 amide bonds. The molecule has 0 bridgehead atoms. The van der Waals surface area contributed by atoms with Gasteiger partial charge in [0.2, 0.25) is 0 Å². The molecule has 0 aromatic rings. The van der Waals surface area contributed by atoms with Crippen molar-refractivity contribution in [3.05, 3.63) is 10.1 Å². The number of nitrogens with zero attached hydrogens (tertiary/aromatic N) is 1. The second kappa shape index (κ2) is 4.76. The fraction of sp³-hybridized carbons (Fsp3) is 0.857. The maximum Gasteiger partial charge on any atom is 0.297 e. The topological polar surface area (TPSA) is 92.5 Å². The molecule has 0 unspecified atom stereocenters. The van der Waals surface area contributed by atoms with Crippen molar-refractivity contribution >= 4 is 5.91 Å². The predicted molar refractivity (Wildman–Crippen MR) is 45.8 cm³/mol. The Bertz CT molecular complexity index is 203. The Morgan fingerprint density at radius 3 is 2.54 bits per heavy atom. The zero-order valence-electron chi connectivity index (χ0n) is 7.74. The molecule has 0 fully saturated rings. The number of rotatable bonds is 5. The number of aliphatic hydroxyl groups excluding tert-OH is 1. The third-order valence-electron chi connectivity index (χ3n) is 1.63. The summed E-state index contributed by atoms with van der Waals surface area (Å²) in [6.45, 7) is 2.69. The van der Waals surface area contributed by atoms with Crippen molar-refractivity contribution in [1.82, 2.24) is 5.32 Å². The lowest BCUT2D eigenvalue weighted by molar-refractivity contribution is -0.543. The maximum absolute atomic E-state index is 11.1. The molecule has 0 rings (SSSR count). The third-order valence-corrected chi connectivity index (χ3v) is 1.63. The summed E-state index contributed by atoms with van der Waals surface area (Å²) < 4.78 is 0. The van der Waals surface area contributed by atoms with Crippen LogP contribution in [0, 0.1) is 10.1 Å². The molecular formula is C7H14N2O4. The molecule has 0 radical (unpaired) electrons. The lowest BCUT2D eigenvalue weighted by atomic mass is 10.1. The molecule has 2 N–H and O–H groups in total. The summed E-state index contributed by atoms with van der Waals surface area (Å²) in [4.78, 5) is 20.9. The van der Waals surface area contributed by atoms with Crippen LogP contribution in [0.3, 0.4) is 0 Å². The monoisotopic (exact) mass is 190 g/mol. The maximum atomic E-state index is 11.1. The van der Waals surface area contributed by atoms with Crippen LogP contribution < -0.4 is 5.32 Å². The van der Waals surface area contributed by atoms with Crippen LogP contribution in [0.25, 0.3) is 0 Å². The highest BCUT2D eigenvalue weighted by atomic mass is 16.6. The molecule has 6 nitrogen and oxygen atoms in total. The normalized spacial score (nSPS) is 11.0. The summed E-state index contributed by atoms with van der Waals surface area (Å²) in [5.74, 6) is -0.633. The van der Waals surface area contributed by atoms with E-state index >= 15 is 0 Å². The Morgan fingerprint density at radius 2 is 2.15 bits per heavy atom. The number of hydrogen-bond donors (Lipinski definition) is 2. The summed E-state index contributed by atoms with van der Waals surface area (Å²) in [5, 5.41) is 21.2. The van der Waals surface area contributed by atoms with E-state index in [0.29, 0.717) is 6.42 Å². The van der Waals surface area contributed by atoms with Crippen molar-refractivity contribution in [1.29, 1.82) is 0 Å². The van der Waals surface area contributed by atoms with Crippen LogP contribution in [0.2, 0.25) is 0 Å². The number of carbonyl (C=O) groups is 1. The van der Waals surface area contributed by atoms with Gasteiger partial charge < -0.3 is 10.4 Å². The van der Waals surface area contributed by atoms with E-state index in [1.165, 1.54) is 13.8 Å². The van der Waals surface area contributed by atoms with E-state index in [-0.39, 0.29) is 13.2 Å². The van der Waals surface area contributed by atoms with Crippen LogP contribution in [0.5, 0.6) is 0 Å². The van der Waals surface area contributed by atoms with Crippen LogP contribution in [0.4, 0.5) is 0 Å². The third kappa shape index (κ3) is 3.37. The van der Waals surface area contributed by atoms with Gasteiger partial charge in [-0.1, -0.05) is 0 Å². The van der Waals surface area contributed by atoms with Gasteiger partial charge in [0.15, 0.2) is 0 Å². The van der Waals surface area contributed by atoms with Crippen molar-refractivity contribution in [2.45, 2.75) is 25.8 Å². The molecular weight excluding hydrogens is 176 g/mol. The van der Waals surface area contributed by atoms with Crippen molar-refractivity contribution in [3.8, 4) is 0 Å². The van der Waals surface area contributed by atoms with E-state index in [9.17, 15) is 14.9 Å². The van der Waals surface area contributed by atoms with Gasteiger partial charge >= 0.3 is 0 Å². The van der Waals surface area contributed by atoms with Crippen molar-refractivity contribution < 1.29 is 14.8 Å². The number of nitrogens with one attached hydrogen (secondary N) is 1. The first-order valence-corrected chi connectivity index (χ1v) is 3.96. The van der Waals surface area contributed by atoms with E-state index in [4.69, 9.17) is 5.11 Å². The number of aliphatic hydroxyl groups is 1. The summed E-state index contributed by atoms with van der Waals surface area (Å²) in [6.07, 6.45) is 0.402. The van der Waals surface area contributed by atoms with Crippen molar-refractivity contribution in [3.63, 3.8) is 0 Å². The predicted octanol–water partition coefficient (Wildman–Crippen LogP) is -0.460. The highest BCUT2D eigenvalue weighted by molar-refractivity contribution is 5.83. The van der Waals surface area contributed by atoms with Crippen LogP contribution in [-0.2, 0) is 4.79 Å². The van der Waals surface area contributed by atoms with Gasteiger partial charge in [0, 0.05) is 31.9 Å². The minimum absolute atomic E-state index is 0.0425. The average molecular weight is 190 g/mol. The fourth-order valence-electron chi connectivity index (χ4n) is 0.580. The van der Waals surface area contributed by atoms with Crippen LogP contribution in [-0.4, -0.2) is 34.6 Å². The Morgan fingerprint density at radius 1 is 1.62 bits per heavy atom. The first kappa shape index (κ1) is 11.8. The van der Waals surface area contributed by atoms with Gasteiger partial charge in [0.25, 0.3) is 11.4 Å². The molecule has 0 spiro atoms. The molecule has 0 atom stereocenters. The molecule has 0 aromatic carbocycles. The van der Waals surface area contributed by atoms with Crippen molar-refractivity contribution in [2.24, 2.45) is 0 Å².